The van der Waals surface area contributed by atoms with Gasteiger partial charge in [0.1, 0.15) is 0 Å². The molecule has 7 N–H and O–H groups in total. The zero-order valence-electron chi connectivity index (χ0n) is 5.15. The minimum atomic E-state index is 0. The summed E-state index contributed by atoms with van der Waals surface area (Å²) < 4.78 is 0. The molecule has 0 bridgehead atoms. The van der Waals surface area contributed by atoms with Crippen molar-refractivity contribution < 1.29 is 11.0 Å². The first-order chi connectivity index (χ1) is 2.64. The van der Waals surface area contributed by atoms with Crippen LogP contribution in [-0.4, -0.2) is 16.8 Å². The zero-order chi connectivity index (χ0) is 5.15. The fourth-order valence-electron chi connectivity index (χ4n) is 0. The van der Waals surface area contributed by atoms with Crippen LogP contribution in [0.4, 0.5) is 0 Å². The molecular weight excluding hydrogens is 108 g/mol. The fraction of sp³-hybridized carbons (Fsp3) is 0.750. The molecule has 52 valence electrons. The van der Waals surface area contributed by atoms with E-state index in [4.69, 9.17) is 11.1 Å². The van der Waals surface area contributed by atoms with Crippen molar-refractivity contribution in [2.75, 3.05) is 0 Å². The highest BCUT2D eigenvalue weighted by atomic mass is 16.0. The van der Waals surface area contributed by atoms with E-state index in [1.807, 2.05) is 13.8 Å². The van der Waals surface area contributed by atoms with Gasteiger partial charge in [-0.2, -0.15) is 0 Å². The van der Waals surface area contributed by atoms with Gasteiger partial charge in [-0.15, -0.1) is 0 Å². The largest absolute Gasteiger partial charge is 0.412 e. The van der Waals surface area contributed by atoms with Crippen molar-refractivity contribution in [2.45, 2.75) is 13.8 Å². The first kappa shape index (κ1) is 15.7. The summed E-state index contributed by atoms with van der Waals surface area (Å²) >= 11 is 0. The first-order valence-electron chi connectivity index (χ1n) is 1.98. The Bertz CT molecular complexity index is 63.1. The molecule has 0 rings (SSSR count). The van der Waals surface area contributed by atoms with Crippen molar-refractivity contribution >= 4 is 5.84 Å². The zero-order valence-corrected chi connectivity index (χ0v) is 5.15. The smallest absolute Gasteiger partial charge is 0.0931 e. The molecular formula is C4H14N2O2. The molecule has 0 spiro atoms. The standard InChI is InChI=1S/C4H10N2.2H2O/c1-3(2)4(5)6;;/h3H,1-2H3,(H3,5,6);2*1H2. The number of amidine groups is 1. The van der Waals surface area contributed by atoms with Gasteiger partial charge in [-0.05, 0) is 0 Å². The van der Waals surface area contributed by atoms with Crippen LogP contribution in [0.5, 0.6) is 0 Å². The molecule has 4 heteroatoms. The third kappa shape index (κ3) is 9.04. The van der Waals surface area contributed by atoms with Crippen LogP contribution >= 0.6 is 0 Å². The number of nitrogens with one attached hydrogen (secondary N) is 1. The van der Waals surface area contributed by atoms with Gasteiger partial charge in [0, 0.05) is 5.92 Å². The molecule has 0 aliphatic rings. The highest BCUT2D eigenvalue weighted by molar-refractivity contribution is 5.78. The van der Waals surface area contributed by atoms with E-state index >= 15 is 0 Å². The summed E-state index contributed by atoms with van der Waals surface area (Å²) in [7, 11) is 0. The third-order valence-corrected chi connectivity index (χ3v) is 0.622. The van der Waals surface area contributed by atoms with E-state index in [-0.39, 0.29) is 22.7 Å². The molecule has 0 aromatic carbocycles. The molecule has 0 saturated heterocycles. The normalized spacial score (nSPS) is 6.88. The average molecular weight is 122 g/mol. The van der Waals surface area contributed by atoms with Gasteiger partial charge in [0.15, 0.2) is 0 Å². The second-order valence-electron chi connectivity index (χ2n) is 1.61. The minimum Gasteiger partial charge on any atom is -0.412 e. The van der Waals surface area contributed by atoms with E-state index in [2.05, 4.69) is 0 Å². The van der Waals surface area contributed by atoms with Crippen LogP contribution in [0.3, 0.4) is 0 Å². The Labute approximate surface area is 48.8 Å². The summed E-state index contributed by atoms with van der Waals surface area (Å²) in [5.41, 5.74) is 5.02. The van der Waals surface area contributed by atoms with Crippen molar-refractivity contribution in [2.24, 2.45) is 11.7 Å². The molecule has 0 unspecified atom stereocenters. The van der Waals surface area contributed by atoms with Crippen LogP contribution in [0.15, 0.2) is 0 Å². The second-order valence-corrected chi connectivity index (χ2v) is 1.61. The van der Waals surface area contributed by atoms with Gasteiger partial charge in [0.25, 0.3) is 0 Å². The molecule has 0 radical (unpaired) electrons. The van der Waals surface area contributed by atoms with E-state index in [1.165, 1.54) is 0 Å². The Kier molecular flexibility index (Phi) is 12.5. The third-order valence-electron chi connectivity index (χ3n) is 0.622. The van der Waals surface area contributed by atoms with Crippen LogP contribution in [0.25, 0.3) is 0 Å². The Morgan fingerprint density at radius 3 is 1.50 bits per heavy atom. The van der Waals surface area contributed by atoms with Gasteiger partial charge >= 0.3 is 0 Å². The van der Waals surface area contributed by atoms with Crippen LogP contribution in [-0.2, 0) is 0 Å². The predicted molar refractivity (Wildman–Crippen MR) is 34.0 cm³/mol. The quantitative estimate of drug-likeness (QED) is 0.334. The molecule has 0 heterocycles. The summed E-state index contributed by atoms with van der Waals surface area (Å²) in [5.74, 6) is 0.472. The molecule has 4 nitrogen and oxygen atoms in total. The van der Waals surface area contributed by atoms with Crippen molar-refractivity contribution in [1.29, 1.82) is 5.41 Å². The average Bonchev–Trinajstić information content (AvgIpc) is 1.36. The maximum absolute atomic E-state index is 6.73. The molecule has 0 saturated carbocycles. The van der Waals surface area contributed by atoms with E-state index in [0.29, 0.717) is 0 Å². The summed E-state index contributed by atoms with van der Waals surface area (Å²) in [5, 5.41) is 6.73. The lowest BCUT2D eigenvalue weighted by Crippen LogP contribution is -2.16. The fourth-order valence-corrected chi connectivity index (χ4v) is 0. The van der Waals surface area contributed by atoms with Crippen molar-refractivity contribution in [3.63, 3.8) is 0 Å². The molecule has 8 heavy (non-hydrogen) atoms. The van der Waals surface area contributed by atoms with Crippen molar-refractivity contribution in [3.05, 3.63) is 0 Å². The van der Waals surface area contributed by atoms with Gasteiger partial charge < -0.3 is 16.7 Å². The lowest BCUT2D eigenvalue weighted by molar-refractivity contribution is 0.823. The van der Waals surface area contributed by atoms with E-state index < -0.39 is 0 Å². The number of hydrogen-bond donors (Lipinski definition) is 2. The molecule has 0 amide bonds. The molecule has 0 aromatic heterocycles. The Morgan fingerprint density at radius 1 is 1.38 bits per heavy atom. The predicted octanol–water partition coefficient (Wildman–Crippen LogP) is -1.07. The Morgan fingerprint density at radius 2 is 1.50 bits per heavy atom. The maximum atomic E-state index is 6.73. The van der Waals surface area contributed by atoms with Crippen LogP contribution in [0.2, 0.25) is 0 Å². The topological polar surface area (TPSA) is 113 Å². The monoisotopic (exact) mass is 122 g/mol. The Balaban J connectivity index is -0.000000125. The number of hydrogen-bond acceptors (Lipinski definition) is 1. The van der Waals surface area contributed by atoms with Gasteiger partial charge in [0.2, 0.25) is 0 Å². The summed E-state index contributed by atoms with van der Waals surface area (Å²) in [4.78, 5) is 0. The first-order valence-corrected chi connectivity index (χ1v) is 1.98. The molecule has 0 atom stereocenters. The Hall–Kier alpha value is -0.610. The SMILES string of the molecule is CC(C)C(=N)N.O.O. The van der Waals surface area contributed by atoms with Gasteiger partial charge in [0.05, 0.1) is 5.84 Å². The molecule has 0 fully saturated rings. The van der Waals surface area contributed by atoms with Gasteiger partial charge in [-0.1, -0.05) is 13.8 Å². The molecule has 0 aliphatic heterocycles. The van der Waals surface area contributed by atoms with Crippen LogP contribution in [0.1, 0.15) is 13.8 Å². The minimum absolute atomic E-state index is 0. The van der Waals surface area contributed by atoms with Gasteiger partial charge in [-0.3, -0.25) is 5.41 Å². The summed E-state index contributed by atoms with van der Waals surface area (Å²) in [6.07, 6.45) is 0. The summed E-state index contributed by atoms with van der Waals surface area (Å²) in [6.45, 7) is 3.78. The van der Waals surface area contributed by atoms with Crippen LogP contribution < -0.4 is 5.73 Å². The molecule has 0 aliphatic carbocycles. The lowest BCUT2D eigenvalue weighted by atomic mass is 10.2. The second kappa shape index (κ2) is 6.39. The highest BCUT2D eigenvalue weighted by Crippen LogP contribution is 1.85. The van der Waals surface area contributed by atoms with Crippen molar-refractivity contribution in [3.8, 4) is 0 Å². The highest BCUT2D eigenvalue weighted by Gasteiger charge is 1.91. The van der Waals surface area contributed by atoms with E-state index in [1.54, 1.807) is 0 Å². The van der Waals surface area contributed by atoms with E-state index in [9.17, 15) is 0 Å². The lowest BCUT2D eigenvalue weighted by Gasteiger charge is -1.95. The van der Waals surface area contributed by atoms with E-state index in [0.717, 1.165) is 0 Å². The van der Waals surface area contributed by atoms with Gasteiger partial charge in [-0.25, -0.2) is 0 Å². The number of rotatable bonds is 1. The maximum Gasteiger partial charge on any atom is 0.0931 e. The number of nitrogens with two attached hydrogens (primary N) is 1. The molecule has 0 aromatic rings. The summed E-state index contributed by atoms with van der Waals surface area (Å²) in [6, 6.07) is 0. The van der Waals surface area contributed by atoms with Crippen molar-refractivity contribution in [1.82, 2.24) is 0 Å². The van der Waals surface area contributed by atoms with Crippen LogP contribution in [0, 0.1) is 11.3 Å².